The van der Waals surface area contributed by atoms with Crippen molar-refractivity contribution in [3.8, 4) is 11.5 Å². The molecular weight excluding hydrogens is 716 g/mol. The molecule has 0 unspecified atom stereocenters. The van der Waals surface area contributed by atoms with Gasteiger partial charge in [-0.3, -0.25) is 9.98 Å². The number of aromatic hydroxyl groups is 2. The van der Waals surface area contributed by atoms with Gasteiger partial charge in [0.2, 0.25) is 0 Å². The Kier molecular flexibility index (Phi) is 9.17. The van der Waals surface area contributed by atoms with Gasteiger partial charge in [0.1, 0.15) is 23.6 Å². The summed E-state index contributed by atoms with van der Waals surface area (Å²) in [5.74, 6) is 0.217. The fourth-order valence-corrected chi connectivity index (χ4v) is 6.21. The topological polar surface area (TPSA) is 65.2 Å². The number of benzene rings is 4. The van der Waals surface area contributed by atoms with Gasteiger partial charge in [0.05, 0.1) is 8.95 Å². The highest BCUT2D eigenvalue weighted by Crippen LogP contribution is 2.38. The average molecular weight is 736 g/mol. The molecule has 8 heteroatoms. The zero-order chi connectivity index (χ0) is 25.7. The molecule has 2 N–H and O–H groups in total. The Hall–Kier alpha value is -2.26. The van der Waals surface area contributed by atoms with Crippen molar-refractivity contribution in [3.63, 3.8) is 0 Å². The molecule has 4 rings (SSSR count). The van der Waals surface area contributed by atoms with E-state index in [-0.39, 0.29) is 11.5 Å². The number of halogens is 4. The lowest BCUT2D eigenvalue weighted by molar-refractivity contribution is 0.470. The van der Waals surface area contributed by atoms with Crippen LogP contribution < -0.4 is 0 Å². The lowest BCUT2D eigenvalue weighted by Crippen LogP contribution is -2.09. The maximum atomic E-state index is 10.6. The molecule has 0 aliphatic rings. The van der Waals surface area contributed by atoms with E-state index >= 15 is 0 Å². The third-order valence-corrected chi connectivity index (χ3v) is 7.57. The molecule has 36 heavy (non-hydrogen) atoms. The number of rotatable bonds is 7. The second kappa shape index (κ2) is 12.3. The van der Waals surface area contributed by atoms with Crippen LogP contribution in [0.15, 0.2) is 113 Å². The van der Waals surface area contributed by atoms with Crippen molar-refractivity contribution < 1.29 is 10.2 Å². The highest BCUT2D eigenvalue weighted by atomic mass is 79.9. The van der Waals surface area contributed by atoms with Crippen molar-refractivity contribution in [2.75, 3.05) is 0 Å². The molecule has 0 aromatic heterocycles. The van der Waals surface area contributed by atoms with Gasteiger partial charge in [-0.05, 0) is 67.3 Å². The van der Waals surface area contributed by atoms with E-state index in [4.69, 9.17) is 9.98 Å². The van der Waals surface area contributed by atoms with E-state index < -0.39 is 12.1 Å². The first kappa shape index (κ1) is 26.8. The molecule has 0 bridgehead atoms. The zero-order valence-corrected chi connectivity index (χ0v) is 25.0. The molecule has 0 aliphatic carbocycles. The van der Waals surface area contributed by atoms with Gasteiger partial charge in [0.15, 0.2) is 0 Å². The van der Waals surface area contributed by atoms with E-state index in [0.29, 0.717) is 20.1 Å². The Labute approximate surface area is 243 Å². The van der Waals surface area contributed by atoms with Gasteiger partial charge in [-0.25, -0.2) is 0 Å². The third-order valence-electron chi connectivity index (χ3n) is 5.45. The standard InChI is InChI=1S/C28H20Br4N2O2/c29-21-11-19(27(35)23(31)13-21)15-33-25(17-7-3-1-4-8-17)26(18-9-5-2-6-10-18)34-16-20-12-22(30)14-24(32)28(20)36/h1-16,25-26,35-36H/t25-,26-/m1/s1. The molecule has 0 fully saturated rings. The van der Waals surface area contributed by atoms with Crippen LogP contribution in [0.5, 0.6) is 11.5 Å². The van der Waals surface area contributed by atoms with Crippen molar-refractivity contribution in [3.05, 3.63) is 125 Å². The Balaban J connectivity index is 1.84. The third kappa shape index (κ3) is 6.54. The summed E-state index contributed by atoms with van der Waals surface area (Å²) in [4.78, 5) is 9.86. The molecule has 182 valence electrons. The smallest absolute Gasteiger partial charge is 0.138 e. The fourth-order valence-electron chi connectivity index (χ4n) is 3.69. The summed E-state index contributed by atoms with van der Waals surface area (Å²) in [6.07, 6.45) is 3.34. The first-order valence-electron chi connectivity index (χ1n) is 10.9. The van der Waals surface area contributed by atoms with Crippen LogP contribution in [0.2, 0.25) is 0 Å². The molecule has 4 aromatic rings. The van der Waals surface area contributed by atoms with Crippen LogP contribution in [0.4, 0.5) is 0 Å². The second-order valence-electron chi connectivity index (χ2n) is 7.92. The molecule has 4 nitrogen and oxygen atoms in total. The minimum Gasteiger partial charge on any atom is -0.506 e. The molecule has 2 atom stereocenters. The second-order valence-corrected chi connectivity index (χ2v) is 11.5. The number of hydrogen-bond donors (Lipinski definition) is 2. The van der Waals surface area contributed by atoms with Crippen molar-refractivity contribution in [1.82, 2.24) is 0 Å². The monoisotopic (exact) mass is 732 g/mol. The van der Waals surface area contributed by atoms with Crippen LogP contribution in [0.25, 0.3) is 0 Å². The normalized spacial score (nSPS) is 13.3. The van der Waals surface area contributed by atoms with Crippen LogP contribution in [-0.2, 0) is 0 Å². The Morgan fingerprint density at radius 2 is 0.917 bits per heavy atom. The van der Waals surface area contributed by atoms with Crippen molar-refractivity contribution in [2.24, 2.45) is 9.98 Å². The Morgan fingerprint density at radius 1 is 0.556 bits per heavy atom. The molecule has 0 saturated heterocycles. The van der Waals surface area contributed by atoms with Gasteiger partial charge >= 0.3 is 0 Å². The summed E-state index contributed by atoms with van der Waals surface area (Å²) in [6.45, 7) is 0. The Bertz CT molecular complexity index is 1300. The summed E-state index contributed by atoms with van der Waals surface area (Å²) >= 11 is 13.7. The van der Waals surface area contributed by atoms with E-state index in [1.165, 1.54) is 0 Å². The summed E-state index contributed by atoms with van der Waals surface area (Å²) in [7, 11) is 0. The number of aliphatic imine (C=N–C) groups is 2. The lowest BCUT2D eigenvalue weighted by Gasteiger charge is -2.22. The van der Waals surface area contributed by atoms with Crippen LogP contribution in [0, 0.1) is 0 Å². The van der Waals surface area contributed by atoms with Crippen molar-refractivity contribution in [2.45, 2.75) is 12.1 Å². The van der Waals surface area contributed by atoms with Gasteiger partial charge in [-0.2, -0.15) is 0 Å². The van der Waals surface area contributed by atoms with E-state index in [1.807, 2.05) is 72.8 Å². The number of nitrogens with zero attached hydrogens (tertiary/aromatic N) is 2. The first-order chi connectivity index (χ1) is 17.3. The molecule has 0 amide bonds. The van der Waals surface area contributed by atoms with Gasteiger partial charge < -0.3 is 10.2 Å². The van der Waals surface area contributed by atoms with Crippen LogP contribution in [0.3, 0.4) is 0 Å². The molecule has 0 heterocycles. The fraction of sp³-hybridized carbons (Fsp3) is 0.0714. The number of phenols is 2. The number of phenolic OH excluding ortho intramolecular Hbond substituents is 2. The van der Waals surface area contributed by atoms with Gasteiger partial charge in [0, 0.05) is 32.5 Å². The first-order valence-corrected chi connectivity index (χ1v) is 14.0. The summed E-state index contributed by atoms with van der Waals surface area (Å²) in [5.41, 5.74) is 3.07. The molecule has 0 radical (unpaired) electrons. The van der Waals surface area contributed by atoms with Gasteiger partial charge in [0.25, 0.3) is 0 Å². The minimum atomic E-state index is -0.403. The molecule has 0 saturated carbocycles. The van der Waals surface area contributed by atoms with Crippen LogP contribution >= 0.6 is 63.7 Å². The maximum absolute atomic E-state index is 10.6. The van der Waals surface area contributed by atoms with Crippen molar-refractivity contribution >= 4 is 76.1 Å². The molecule has 4 aromatic carbocycles. The van der Waals surface area contributed by atoms with Gasteiger partial charge in [-0.1, -0.05) is 92.5 Å². The predicted octanol–water partition coefficient (Wildman–Crippen LogP) is 9.17. The van der Waals surface area contributed by atoms with Crippen LogP contribution in [-0.4, -0.2) is 22.6 Å². The van der Waals surface area contributed by atoms with E-state index in [0.717, 1.165) is 20.1 Å². The lowest BCUT2D eigenvalue weighted by atomic mass is 9.94. The molecule has 0 spiro atoms. The summed E-state index contributed by atoms with van der Waals surface area (Å²) in [6, 6.07) is 26.2. The average Bonchev–Trinajstić information content (AvgIpc) is 2.87. The predicted molar refractivity (Wildman–Crippen MR) is 161 cm³/mol. The highest BCUT2D eigenvalue weighted by Gasteiger charge is 2.24. The molecule has 0 aliphatic heterocycles. The quantitative estimate of drug-likeness (QED) is 0.186. The summed E-state index contributed by atoms with van der Waals surface area (Å²) in [5, 5.41) is 21.1. The summed E-state index contributed by atoms with van der Waals surface area (Å²) < 4.78 is 2.78. The largest absolute Gasteiger partial charge is 0.506 e. The van der Waals surface area contributed by atoms with E-state index in [1.54, 1.807) is 24.6 Å². The highest BCUT2D eigenvalue weighted by molar-refractivity contribution is 9.11. The van der Waals surface area contributed by atoms with Crippen LogP contribution in [0.1, 0.15) is 34.3 Å². The minimum absolute atomic E-state index is 0.109. The maximum Gasteiger partial charge on any atom is 0.138 e. The zero-order valence-electron chi connectivity index (χ0n) is 18.7. The Morgan fingerprint density at radius 3 is 1.28 bits per heavy atom. The molecular formula is C28H20Br4N2O2. The van der Waals surface area contributed by atoms with Crippen molar-refractivity contribution in [1.29, 1.82) is 0 Å². The SMILES string of the molecule is Oc1c(Br)cc(Br)cc1C=N[C@H](c1ccccc1)[C@H](N=Cc1cc(Br)cc(Br)c1O)c1ccccc1. The van der Waals surface area contributed by atoms with E-state index in [2.05, 4.69) is 63.7 Å². The van der Waals surface area contributed by atoms with Gasteiger partial charge in [-0.15, -0.1) is 0 Å². The number of hydrogen-bond acceptors (Lipinski definition) is 4. The van der Waals surface area contributed by atoms with E-state index in [9.17, 15) is 10.2 Å².